The molecule has 0 heterocycles. The molecule has 0 aliphatic carbocycles. The van der Waals surface area contributed by atoms with Crippen LogP contribution < -0.4 is 4.74 Å². The fourth-order valence-corrected chi connectivity index (χ4v) is 2.09. The summed E-state index contributed by atoms with van der Waals surface area (Å²) in [5, 5.41) is 9.43. The molecule has 2 aromatic rings. The predicted molar refractivity (Wildman–Crippen MR) is 81.0 cm³/mol. The smallest absolute Gasteiger partial charge is 0.119 e. The van der Waals surface area contributed by atoms with E-state index in [1.54, 1.807) is 12.1 Å². The van der Waals surface area contributed by atoms with Gasteiger partial charge in [0.1, 0.15) is 11.5 Å². The topological polar surface area (TPSA) is 32.7 Å². The standard InChI is InChI=1S/C17H21NO2/c1-18(14-15-7-5-8-16(19)13-15)11-6-12-20-17-9-3-2-4-10-17/h2-5,7-10,13,19H,6,11-12,14H2,1H3. The van der Waals surface area contributed by atoms with Crippen LogP contribution in [-0.2, 0) is 6.54 Å². The van der Waals surface area contributed by atoms with Crippen LogP contribution in [0.4, 0.5) is 0 Å². The van der Waals surface area contributed by atoms with Gasteiger partial charge in [-0.25, -0.2) is 0 Å². The van der Waals surface area contributed by atoms with Gasteiger partial charge >= 0.3 is 0 Å². The SMILES string of the molecule is CN(CCCOc1ccccc1)Cc1cccc(O)c1. The maximum Gasteiger partial charge on any atom is 0.119 e. The van der Waals surface area contributed by atoms with E-state index < -0.39 is 0 Å². The highest BCUT2D eigenvalue weighted by Crippen LogP contribution is 2.12. The van der Waals surface area contributed by atoms with Gasteiger partial charge < -0.3 is 14.7 Å². The number of para-hydroxylation sites is 1. The fourth-order valence-electron chi connectivity index (χ4n) is 2.09. The van der Waals surface area contributed by atoms with E-state index in [2.05, 4.69) is 11.9 Å². The number of hydrogen-bond donors (Lipinski definition) is 1. The summed E-state index contributed by atoms with van der Waals surface area (Å²) >= 11 is 0. The maximum atomic E-state index is 9.43. The van der Waals surface area contributed by atoms with Gasteiger partial charge in [0.2, 0.25) is 0 Å². The lowest BCUT2D eigenvalue weighted by Gasteiger charge is -2.17. The summed E-state index contributed by atoms with van der Waals surface area (Å²) in [5.74, 6) is 1.24. The van der Waals surface area contributed by atoms with Crippen LogP contribution in [0.5, 0.6) is 11.5 Å². The third-order valence-electron chi connectivity index (χ3n) is 3.06. The van der Waals surface area contributed by atoms with Crippen LogP contribution in [0.1, 0.15) is 12.0 Å². The third-order valence-corrected chi connectivity index (χ3v) is 3.06. The van der Waals surface area contributed by atoms with E-state index in [0.717, 1.165) is 30.8 Å². The molecule has 0 aromatic heterocycles. The van der Waals surface area contributed by atoms with Gasteiger partial charge in [0.25, 0.3) is 0 Å². The molecular formula is C17H21NO2. The molecule has 20 heavy (non-hydrogen) atoms. The molecule has 0 atom stereocenters. The minimum Gasteiger partial charge on any atom is -0.508 e. The van der Waals surface area contributed by atoms with Crippen molar-refractivity contribution >= 4 is 0 Å². The van der Waals surface area contributed by atoms with Crippen LogP contribution in [0.3, 0.4) is 0 Å². The van der Waals surface area contributed by atoms with Crippen LogP contribution in [0.25, 0.3) is 0 Å². The van der Waals surface area contributed by atoms with E-state index in [1.165, 1.54) is 0 Å². The van der Waals surface area contributed by atoms with Crippen LogP contribution in [0, 0.1) is 0 Å². The van der Waals surface area contributed by atoms with Crippen LogP contribution in [0.2, 0.25) is 0 Å². The van der Waals surface area contributed by atoms with Gasteiger partial charge in [-0.05, 0) is 43.3 Å². The number of hydrogen-bond acceptors (Lipinski definition) is 3. The number of rotatable bonds is 7. The first-order valence-corrected chi connectivity index (χ1v) is 6.88. The van der Waals surface area contributed by atoms with E-state index in [4.69, 9.17) is 4.74 Å². The molecule has 1 N–H and O–H groups in total. The quantitative estimate of drug-likeness (QED) is 0.784. The Kier molecular flexibility index (Phi) is 5.44. The molecule has 0 fully saturated rings. The minimum absolute atomic E-state index is 0.323. The molecule has 106 valence electrons. The second kappa shape index (κ2) is 7.56. The third kappa shape index (κ3) is 4.94. The molecule has 0 saturated heterocycles. The summed E-state index contributed by atoms with van der Waals surface area (Å²) in [4.78, 5) is 2.23. The summed E-state index contributed by atoms with van der Waals surface area (Å²) in [5.41, 5.74) is 1.12. The average molecular weight is 271 g/mol. The van der Waals surface area contributed by atoms with Gasteiger partial charge in [-0.3, -0.25) is 0 Å². The van der Waals surface area contributed by atoms with E-state index in [9.17, 15) is 5.11 Å². The molecule has 0 radical (unpaired) electrons. The van der Waals surface area contributed by atoms with Crippen LogP contribution in [0.15, 0.2) is 54.6 Å². The van der Waals surface area contributed by atoms with Gasteiger partial charge in [-0.2, -0.15) is 0 Å². The Hall–Kier alpha value is -2.00. The summed E-state index contributed by atoms with van der Waals surface area (Å²) in [6, 6.07) is 17.3. The van der Waals surface area contributed by atoms with Gasteiger partial charge in [0.15, 0.2) is 0 Å². The highest BCUT2D eigenvalue weighted by atomic mass is 16.5. The first kappa shape index (κ1) is 14.4. The molecule has 0 aliphatic rings. The largest absolute Gasteiger partial charge is 0.508 e. The van der Waals surface area contributed by atoms with Crippen molar-refractivity contribution in [3.8, 4) is 11.5 Å². The van der Waals surface area contributed by atoms with E-state index >= 15 is 0 Å². The van der Waals surface area contributed by atoms with E-state index in [1.807, 2.05) is 42.5 Å². The Labute approximate surface area is 120 Å². The van der Waals surface area contributed by atoms with Crippen molar-refractivity contribution in [3.63, 3.8) is 0 Å². The maximum absolute atomic E-state index is 9.43. The number of benzene rings is 2. The molecule has 2 aromatic carbocycles. The predicted octanol–water partition coefficient (Wildman–Crippen LogP) is 3.29. The number of aromatic hydroxyl groups is 1. The highest BCUT2D eigenvalue weighted by Gasteiger charge is 2.01. The van der Waals surface area contributed by atoms with E-state index in [-0.39, 0.29) is 0 Å². The van der Waals surface area contributed by atoms with Crippen molar-refractivity contribution in [2.45, 2.75) is 13.0 Å². The Morgan fingerprint density at radius 1 is 1.05 bits per heavy atom. The zero-order valence-corrected chi connectivity index (χ0v) is 11.8. The van der Waals surface area contributed by atoms with Gasteiger partial charge in [0.05, 0.1) is 6.61 Å². The molecule has 0 bridgehead atoms. The lowest BCUT2D eigenvalue weighted by Crippen LogP contribution is -2.20. The molecule has 2 rings (SSSR count). The molecule has 3 heteroatoms. The van der Waals surface area contributed by atoms with Crippen molar-refractivity contribution in [2.24, 2.45) is 0 Å². The zero-order valence-electron chi connectivity index (χ0n) is 11.8. The summed E-state index contributed by atoms with van der Waals surface area (Å²) < 4.78 is 5.66. The monoisotopic (exact) mass is 271 g/mol. The summed E-state index contributed by atoms with van der Waals surface area (Å²) in [6.07, 6.45) is 0.976. The second-order valence-corrected chi connectivity index (χ2v) is 4.92. The lowest BCUT2D eigenvalue weighted by molar-refractivity contribution is 0.258. The number of phenols is 1. The summed E-state index contributed by atoms with van der Waals surface area (Å²) in [6.45, 7) is 2.51. The molecule has 3 nitrogen and oxygen atoms in total. The second-order valence-electron chi connectivity index (χ2n) is 4.92. The van der Waals surface area contributed by atoms with Crippen molar-refractivity contribution in [1.82, 2.24) is 4.90 Å². The van der Waals surface area contributed by atoms with Gasteiger partial charge in [-0.15, -0.1) is 0 Å². The minimum atomic E-state index is 0.323. The molecule has 0 spiro atoms. The van der Waals surface area contributed by atoms with Crippen molar-refractivity contribution < 1.29 is 9.84 Å². The number of phenolic OH excluding ortho intramolecular Hbond substituents is 1. The normalized spacial score (nSPS) is 10.7. The van der Waals surface area contributed by atoms with Crippen molar-refractivity contribution in [2.75, 3.05) is 20.2 Å². The Morgan fingerprint density at radius 2 is 1.85 bits per heavy atom. The highest BCUT2D eigenvalue weighted by molar-refractivity contribution is 5.26. The Bertz CT molecular complexity index is 513. The van der Waals surface area contributed by atoms with Crippen molar-refractivity contribution in [1.29, 1.82) is 0 Å². The molecule has 0 aliphatic heterocycles. The summed E-state index contributed by atoms with van der Waals surface area (Å²) in [7, 11) is 2.08. The zero-order chi connectivity index (χ0) is 14.2. The van der Waals surface area contributed by atoms with Crippen molar-refractivity contribution in [3.05, 3.63) is 60.2 Å². The van der Waals surface area contributed by atoms with Gasteiger partial charge in [-0.1, -0.05) is 30.3 Å². The fraction of sp³-hybridized carbons (Fsp3) is 0.294. The molecule has 0 unspecified atom stereocenters. The molecule has 0 saturated carbocycles. The van der Waals surface area contributed by atoms with E-state index in [0.29, 0.717) is 12.4 Å². The molecule has 0 amide bonds. The number of ether oxygens (including phenoxy) is 1. The average Bonchev–Trinajstić information content (AvgIpc) is 2.45. The lowest BCUT2D eigenvalue weighted by atomic mass is 10.2. The Morgan fingerprint density at radius 3 is 2.60 bits per heavy atom. The molecular weight excluding hydrogens is 250 g/mol. The van der Waals surface area contributed by atoms with Crippen LogP contribution in [-0.4, -0.2) is 30.2 Å². The first-order chi connectivity index (χ1) is 9.74. The van der Waals surface area contributed by atoms with Gasteiger partial charge in [0, 0.05) is 13.1 Å². The number of nitrogens with zero attached hydrogens (tertiary/aromatic N) is 1. The first-order valence-electron chi connectivity index (χ1n) is 6.88. The van der Waals surface area contributed by atoms with Crippen LogP contribution >= 0.6 is 0 Å². The Balaban J connectivity index is 1.66.